The molecule has 4 rings (SSSR count). The van der Waals surface area contributed by atoms with Crippen molar-refractivity contribution in [2.45, 2.75) is 17.7 Å². The lowest BCUT2D eigenvalue weighted by Crippen LogP contribution is -2.27. The highest BCUT2D eigenvalue weighted by Gasteiger charge is 2.27. The molecule has 0 aromatic heterocycles. The number of rotatable bonds is 6. The molecule has 7 nitrogen and oxygen atoms in total. The second-order valence-electron chi connectivity index (χ2n) is 7.08. The van der Waals surface area contributed by atoms with Gasteiger partial charge in [0.1, 0.15) is 13.2 Å². The first-order valence-corrected chi connectivity index (χ1v) is 11.2. The van der Waals surface area contributed by atoms with Crippen LogP contribution in [0.1, 0.15) is 28.8 Å². The predicted molar refractivity (Wildman–Crippen MR) is 112 cm³/mol. The van der Waals surface area contributed by atoms with Gasteiger partial charge < -0.3 is 14.2 Å². The van der Waals surface area contributed by atoms with Gasteiger partial charge in [-0.3, -0.25) is 4.79 Å². The van der Waals surface area contributed by atoms with E-state index in [0.29, 0.717) is 49.1 Å². The topological polar surface area (TPSA) is 82.1 Å². The summed E-state index contributed by atoms with van der Waals surface area (Å²) in [5, 5.41) is 0. The van der Waals surface area contributed by atoms with Crippen molar-refractivity contribution in [2.75, 3.05) is 33.4 Å². The van der Waals surface area contributed by atoms with E-state index in [0.717, 1.165) is 18.4 Å². The molecule has 0 saturated carbocycles. The number of fused-ring (bicyclic) bond motifs is 1. The molecule has 2 aromatic rings. The molecule has 0 atom stereocenters. The maximum atomic E-state index is 12.6. The van der Waals surface area contributed by atoms with Crippen molar-refractivity contribution in [3.63, 3.8) is 0 Å². The summed E-state index contributed by atoms with van der Waals surface area (Å²) in [7, 11) is -1.94. The van der Waals surface area contributed by atoms with Crippen molar-refractivity contribution >= 4 is 21.9 Å². The van der Waals surface area contributed by atoms with Crippen molar-refractivity contribution in [3.05, 3.63) is 53.6 Å². The van der Waals surface area contributed by atoms with Crippen molar-refractivity contribution in [1.82, 2.24) is 4.31 Å². The molecule has 0 amide bonds. The average molecular weight is 429 g/mol. The number of ketones is 1. The van der Waals surface area contributed by atoms with Crippen LogP contribution in [0.5, 0.6) is 17.2 Å². The van der Waals surface area contributed by atoms with Crippen LogP contribution < -0.4 is 14.2 Å². The first-order chi connectivity index (χ1) is 14.5. The smallest absolute Gasteiger partial charge is 0.243 e. The fourth-order valence-electron chi connectivity index (χ4n) is 3.53. The molecule has 1 saturated heterocycles. The average Bonchev–Trinajstić information content (AvgIpc) is 3.33. The summed E-state index contributed by atoms with van der Waals surface area (Å²) < 4.78 is 43.2. The Bertz CT molecular complexity index is 1050. The third-order valence-electron chi connectivity index (χ3n) is 5.12. The lowest BCUT2D eigenvalue weighted by Gasteiger charge is -2.20. The molecule has 8 heteroatoms. The molecule has 2 heterocycles. The van der Waals surface area contributed by atoms with Gasteiger partial charge in [-0.2, -0.15) is 4.31 Å². The van der Waals surface area contributed by atoms with E-state index in [1.54, 1.807) is 37.5 Å². The van der Waals surface area contributed by atoms with Crippen molar-refractivity contribution in [1.29, 1.82) is 0 Å². The van der Waals surface area contributed by atoms with E-state index in [1.165, 1.54) is 22.5 Å². The molecular formula is C22H23NO6S. The molecule has 0 radical (unpaired) electrons. The molecule has 0 aliphatic carbocycles. The summed E-state index contributed by atoms with van der Waals surface area (Å²) in [6, 6.07) is 9.61. The predicted octanol–water partition coefficient (Wildman–Crippen LogP) is 3.15. The summed E-state index contributed by atoms with van der Waals surface area (Å²) in [5.41, 5.74) is 1.15. The highest BCUT2D eigenvalue weighted by atomic mass is 32.2. The molecule has 0 N–H and O–H groups in total. The molecule has 0 bridgehead atoms. The monoisotopic (exact) mass is 429 g/mol. The van der Waals surface area contributed by atoms with Crippen LogP contribution in [0, 0.1) is 0 Å². The van der Waals surface area contributed by atoms with Crippen LogP contribution in [-0.2, 0) is 10.0 Å². The molecule has 2 aliphatic heterocycles. The summed E-state index contributed by atoms with van der Waals surface area (Å²) in [5.74, 6) is 1.44. The van der Waals surface area contributed by atoms with E-state index >= 15 is 0 Å². The minimum Gasteiger partial charge on any atom is -0.493 e. The molecular weight excluding hydrogens is 406 g/mol. The van der Waals surface area contributed by atoms with Gasteiger partial charge in [-0.15, -0.1) is 0 Å². The van der Waals surface area contributed by atoms with E-state index in [2.05, 4.69) is 0 Å². The summed E-state index contributed by atoms with van der Waals surface area (Å²) in [6.07, 6.45) is 4.86. The zero-order chi connectivity index (χ0) is 21.1. The van der Waals surface area contributed by atoms with Gasteiger partial charge in [0.15, 0.2) is 17.3 Å². The van der Waals surface area contributed by atoms with E-state index < -0.39 is 10.0 Å². The number of nitrogens with zero attached hydrogens (tertiary/aromatic N) is 1. The summed E-state index contributed by atoms with van der Waals surface area (Å²) >= 11 is 0. The normalized spacial score (nSPS) is 16.7. The highest BCUT2D eigenvalue weighted by molar-refractivity contribution is 7.89. The number of benzene rings is 2. The molecule has 30 heavy (non-hydrogen) atoms. The lowest BCUT2D eigenvalue weighted by atomic mass is 10.1. The molecule has 1 fully saturated rings. The van der Waals surface area contributed by atoms with Crippen LogP contribution in [0.2, 0.25) is 0 Å². The number of hydrogen-bond donors (Lipinski definition) is 0. The molecule has 0 spiro atoms. The van der Waals surface area contributed by atoms with Crippen LogP contribution in [0.4, 0.5) is 0 Å². The zero-order valence-electron chi connectivity index (χ0n) is 16.7. The van der Waals surface area contributed by atoms with Crippen LogP contribution >= 0.6 is 0 Å². The second kappa shape index (κ2) is 8.49. The lowest BCUT2D eigenvalue weighted by molar-refractivity contribution is 0.104. The first kappa shape index (κ1) is 20.4. The number of ether oxygens (including phenoxy) is 3. The maximum Gasteiger partial charge on any atom is 0.243 e. The van der Waals surface area contributed by atoms with Crippen molar-refractivity contribution < 1.29 is 27.4 Å². The minimum absolute atomic E-state index is 0.210. The van der Waals surface area contributed by atoms with Crippen LogP contribution in [-0.4, -0.2) is 51.9 Å². The maximum absolute atomic E-state index is 12.6. The Morgan fingerprint density at radius 1 is 1.07 bits per heavy atom. The molecule has 0 unspecified atom stereocenters. The fourth-order valence-corrected chi connectivity index (χ4v) is 5.04. The number of carbonyl (C=O) groups is 1. The van der Waals surface area contributed by atoms with Gasteiger partial charge in [-0.1, -0.05) is 6.08 Å². The third kappa shape index (κ3) is 4.06. The van der Waals surface area contributed by atoms with Gasteiger partial charge in [0.2, 0.25) is 15.8 Å². The van der Waals surface area contributed by atoms with E-state index in [4.69, 9.17) is 14.2 Å². The van der Waals surface area contributed by atoms with Gasteiger partial charge >= 0.3 is 0 Å². The molecule has 2 aromatic carbocycles. The Hall–Kier alpha value is -2.84. The van der Waals surface area contributed by atoms with Gasteiger partial charge in [-0.05, 0) is 60.9 Å². The van der Waals surface area contributed by atoms with Crippen molar-refractivity contribution in [3.8, 4) is 17.2 Å². The Morgan fingerprint density at radius 3 is 2.47 bits per heavy atom. The van der Waals surface area contributed by atoms with Crippen LogP contribution in [0.15, 0.2) is 47.4 Å². The van der Waals surface area contributed by atoms with Crippen LogP contribution in [0.3, 0.4) is 0 Å². The summed E-state index contributed by atoms with van der Waals surface area (Å²) in [6.45, 7) is 2.00. The number of hydrogen-bond acceptors (Lipinski definition) is 6. The molecule has 2 aliphatic rings. The van der Waals surface area contributed by atoms with Crippen LogP contribution in [0.25, 0.3) is 6.08 Å². The Kier molecular flexibility index (Phi) is 5.78. The second-order valence-corrected chi connectivity index (χ2v) is 9.02. The van der Waals surface area contributed by atoms with Gasteiger partial charge in [0.25, 0.3) is 0 Å². The standard InChI is InChI=1S/C22H23NO6S/c1-27-20-14-16(15-21-22(20)29-13-12-28-21)4-9-19(24)17-5-7-18(8-6-17)30(25,26)23-10-2-3-11-23/h4-9,14-15H,2-3,10-13H2,1H3/b9-4+. The van der Waals surface area contributed by atoms with E-state index in [-0.39, 0.29) is 10.7 Å². The fraction of sp³-hybridized carbons (Fsp3) is 0.318. The van der Waals surface area contributed by atoms with E-state index in [1.807, 2.05) is 0 Å². The Morgan fingerprint density at radius 2 is 1.77 bits per heavy atom. The molecule has 158 valence electrons. The van der Waals surface area contributed by atoms with Gasteiger partial charge in [-0.25, -0.2) is 8.42 Å². The number of carbonyl (C=O) groups excluding carboxylic acids is 1. The largest absolute Gasteiger partial charge is 0.493 e. The first-order valence-electron chi connectivity index (χ1n) is 9.79. The van der Waals surface area contributed by atoms with Gasteiger partial charge in [0, 0.05) is 18.7 Å². The zero-order valence-corrected chi connectivity index (χ0v) is 17.5. The van der Waals surface area contributed by atoms with Crippen molar-refractivity contribution in [2.24, 2.45) is 0 Å². The number of allylic oxidation sites excluding steroid dienone is 1. The number of sulfonamides is 1. The van der Waals surface area contributed by atoms with Gasteiger partial charge in [0.05, 0.1) is 12.0 Å². The quantitative estimate of drug-likeness (QED) is 0.518. The minimum atomic E-state index is -3.49. The SMILES string of the molecule is COc1cc(/C=C/C(=O)c2ccc(S(=O)(=O)N3CCCC3)cc2)cc2c1OCCO2. The summed E-state index contributed by atoms with van der Waals surface area (Å²) in [4.78, 5) is 12.8. The highest BCUT2D eigenvalue weighted by Crippen LogP contribution is 2.40. The third-order valence-corrected chi connectivity index (χ3v) is 7.03. The Labute approximate surface area is 175 Å². The number of methoxy groups -OCH3 is 1. The Balaban J connectivity index is 1.51. The van der Waals surface area contributed by atoms with E-state index in [9.17, 15) is 13.2 Å².